The number of amides is 1. The molecule has 15 nitrogen and oxygen atoms in total. The van der Waals surface area contributed by atoms with Crippen LogP contribution in [0, 0.1) is 21.4 Å². The molecule has 1 unspecified atom stereocenters. The van der Waals surface area contributed by atoms with Crippen molar-refractivity contribution in [1.29, 1.82) is 0 Å². The van der Waals surface area contributed by atoms with Gasteiger partial charge in [0.25, 0.3) is 21.6 Å². The number of nitrogens with one attached hydrogen (secondary N) is 3. The van der Waals surface area contributed by atoms with Crippen LogP contribution in [0.2, 0.25) is 0 Å². The van der Waals surface area contributed by atoms with Crippen molar-refractivity contribution < 1.29 is 28.0 Å². The summed E-state index contributed by atoms with van der Waals surface area (Å²) in [7, 11) is -4.58. The summed E-state index contributed by atoms with van der Waals surface area (Å²) in [6.07, 6.45) is 14.0. The maximum Gasteiger partial charge on any atom is 0.293 e. The average molecular weight is 877 g/mol. The van der Waals surface area contributed by atoms with Crippen LogP contribution < -0.4 is 19.7 Å². The summed E-state index contributed by atoms with van der Waals surface area (Å²) in [5.41, 5.74) is 3.49. The van der Waals surface area contributed by atoms with E-state index in [9.17, 15) is 28.4 Å². The number of aromatic nitrogens is 3. The highest BCUT2D eigenvalue weighted by molar-refractivity contribution is 7.90. The molecule has 1 atom stereocenters. The number of nitro groups is 1. The van der Waals surface area contributed by atoms with E-state index in [1.54, 1.807) is 18.3 Å². The lowest BCUT2D eigenvalue weighted by molar-refractivity contribution is -0.384. The largest absolute Gasteiger partial charge is 0.455 e. The first kappa shape index (κ1) is 42.7. The smallest absolute Gasteiger partial charge is 0.293 e. The summed E-state index contributed by atoms with van der Waals surface area (Å²) in [5, 5.41) is 25.8. The lowest BCUT2D eigenvalue weighted by Gasteiger charge is -2.56. The Labute approximate surface area is 367 Å². The molecule has 4 aliphatic rings. The number of piperidine rings is 1. The third-order valence-corrected chi connectivity index (χ3v) is 15.4. The van der Waals surface area contributed by atoms with Crippen LogP contribution in [0.3, 0.4) is 0 Å². The quantitative estimate of drug-likeness (QED) is 0.0652. The molecule has 4 fully saturated rings. The van der Waals surface area contributed by atoms with Crippen molar-refractivity contribution in [1.82, 2.24) is 24.6 Å². The second-order valence-electron chi connectivity index (χ2n) is 18.4. The Balaban J connectivity index is 0.899. The molecule has 5 aromatic rings. The fraction of sp³-hybridized carbons (Fsp3) is 0.468. The number of carbonyl (C=O) groups is 1. The van der Waals surface area contributed by atoms with Crippen LogP contribution in [0.15, 0.2) is 84.1 Å². The van der Waals surface area contributed by atoms with Gasteiger partial charge >= 0.3 is 0 Å². The molecule has 2 aliphatic carbocycles. The second kappa shape index (κ2) is 17.5. The first-order chi connectivity index (χ1) is 30.3. The predicted octanol–water partition coefficient (Wildman–Crippen LogP) is 8.45. The highest BCUT2D eigenvalue weighted by Gasteiger charge is 2.50. The summed E-state index contributed by atoms with van der Waals surface area (Å²) in [5.74, 6) is 0.756. The number of aromatic amines is 1. The van der Waals surface area contributed by atoms with Crippen LogP contribution in [0.1, 0.15) is 112 Å². The van der Waals surface area contributed by atoms with Crippen molar-refractivity contribution in [3.63, 3.8) is 0 Å². The molecule has 4 N–H and O–H groups in total. The molecular formula is C47H56N8O7S. The molecular weight excluding hydrogens is 821 g/mol. The Morgan fingerprint density at radius 1 is 1.00 bits per heavy atom. The number of anilines is 2. The van der Waals surface area contributed by atoms with Crippen molar-refractivity contribution >= 4 is 44.2 Å². The average Bonchev–Trinajstić information content (AvgIpc) is 3.95. The van der Waals surface area contributed by atoms with E-state index in [-0.39, 0.29) is 34.4 Å². The van der Waals surface area contributed by atoms with Gasteiger partial charge in [0.05, 0.1) is 22.1 Å². The van der Waals surface area contributed by atoms with Crippen LogP contribution in [0.5, 0.6) is 11.5 Å². The molecule has 1 spiro atoms. The molecule has 332 valence electrons. The summed E-state index contributed by atoms with van der Waals surface area (Å²) >= 11 is 0. The van der Waals surface area contributed by atoms with Crippen LogP contribution in [0.4, 0.5) is 17.2 Å². The minimum Gasteiger partial charge on any atom is -0.455 e. The van der Waals surface area contributed by atoms with Gasteiger partial charge in [-0.25, -0.2) is 23.1 Å². The van der Waals surface area contributed by atoms with Gasteiger partial charge in [-0.05, 0) is 123 Å². The maximum absolute atomic E-state index is 13.9. The Hall–Kier alpha value is -5.58. The Bertz CT molecular complexity index is 2590. The normalized spacial score (nSPS) is 21.7. The van der Waals surface area contributed by atoms with E-state index < -0.39 is 31.4 Å². The van der Waals surface area contributed by atoms with Gasteiger partial charge in [0, 0.05) is 61.6 Å². The molecule has 5 heterocycles. The van der Waals surface area contributed by atoms with E-state index in [0.717, 1.165) is 56.8 Å². The standard InChI is InChI=1S/C47H56N8O7S/c1-30(2)37-6-3-4-7-38(37)41-8-5-19-54(41)33-25-47(26-33)16-20-53(21-17-47)44-24-43(62-35-22-32-15-18-48-45(32)51-28-35)39(29-50-44)46(57)52-63(60,61)36-13-14-40(42(23-36)55(58)59)49-27-31-9-11-34(56)12-10-31/h3-4,6-7,13-15,18,22-24,28-31,33-34,41,49,56H,5,8-12,16-17,19-21,25-27H2,1-2H3,(H,48,51)(H,52,57). The molecule has 2 aliphatic heterocycles. The number of carbonyl (C=O) groups excluding carboxylic acids is 1. The van der Waals surface area contributed by atoms with Gasteiger partial charge in [0.1, 0.15) is 34.2 Å². The fourth-order valence-corrected chi connectivity index (χ4v) is 11.5. The highest BCUT2D eigenvalue weighted by Crippen LogP contribution is 2.54. The van der Waals surface area contributed by atoms with E-state index in [0.29, 0.717) is 54.6 Å². The lowest BCUT2D eigenvalue weighted by atomic mass is 9.60. The number of pyridine rings is 2. The van der Waals surface area contributed by atoms with Gasteiger partial charge in [-0.1, -0.05) is 38.1 Å². The number of nitrogens with zero attached hydrogens (tertiary/aromatic N) is 5. The maximum atomic E-state index is 13.9. The molecule has 0 radical (unpaired) electrons. The van der Waals surface area contributed by atoms with Crippen molar-refractivity contribution in [3.8, 4) is 11.5 Å². The molecule has 1 amide bonds. The SMILES string of the molecule is CC(C)c1ccccc1C1CCCN1C1CC2(CCN(c3cc(Oc4cnc5[nH]ccc5c4)c(C(=O)NS(=O)(=O)c4ccc(NCC5CCC(O)CC5)c([N+](=O)[O-])c4)cn3)CC2)C1. The molecule has 2 saturated carbocycles. The third-order valence-electron chi connectivity index (χ3n) is 14.0. The number of benzene rings is 2. The molecule has 3 aromatic heterocycles. The third kappa shape index (κ3) is 8.98. The number of likely N-dealkylation sites (tertiary alicyclic amines) is 1. The molecule has 2 aromatic carbocycles. The molecule has 16 heteroatoms. The monoisotopic (exact) mass is 876 g/mol. The minimum absolute atomic E-state index is 0.0934. The van der Waals surface area contributed by atoms with E-state index in [1.165, 1.54) is 61.3 Å². The zero-order chi connectivity index (χ0) is 43.9. The van der Waals surface area contributed by atoms with Gasteiger partial charge in [0.2, 0.25) is 0 Å². The predicted molar refractivity (Wildman–Crippen MR) is 241 cm³/mol. The van der Waals surface area contributed by atoms with Crippen LogP contribution in [0.25, 0.3) is 11.0 Å². The number of aliphatic hydroxyl groups excluding tert-OH is 1. The lowest BCUT2D eigenvalue weighted by Crippen LogP contribution is -2.55. The Morgan fingerprint density at radius 2 is 1.78 bits per heavy atom. The molecule has 0 bridgehead atoms. The van der Waals surface area contributed by atoms with E-state index >= 15 is 0 Å². The zero-order valence-corrected chi connectivity index (χ0v) is 36.6. The highest BCUT2D eigenvalue weighted by atomic mass is 32.2. The summed E-state index contributed by atoms with van der Waals surface area (Å²) in [6, 6.07) is 18.8. The van der Waals surface area contributed by atoms with Gasteiger partial charge in [0.15, 0.2) is 0 Å². The van der Waals surface area contributed by atoms with E-state index in [4.69, 9.17) is 4.74 Å². The van der Waals surface area contributed by atoms with Crippen molar-refractivity contribution in [2.75, 3.05) is 36.4 Å². The van der Waals surface area contributed by atoms with Crippen LogP contribution >= 0.6 is 0 Å². The topological polar surface area (TPSA) is 196 Å². The van der Waals surface area contributed by atoms with Gasteiger partial charge in [-0.2, -0.15) is 0 Å². The summed E-state index contributed by atoms with van der Waals surface area (Å²) in [4.78, 5) is 42.0. The second-order valence-corrected chi connectivity index (χ2v) is 20.1. The van der Waals surface area contributed by atoms with Crippen molar-refractivity contribution in [2.24, 2.45) is 11.3 Å². The Morgan fingerprint density at radius 3 is 2.54 bits per heavy atom. The van der Waals surface area contributed by atoms with Gasteiger partial charge in [-0.3, -0.25) is 19.8 Å². The summed E-state index contributed by atoms with van der Waals surface area (Å²) < 4.78 is 35.8. The van der Waals surface area contributed by atoms with Crippen LogP contribution in [-0.2, 0) is 10.0 Å². The fourth-order valence-electron chi connectivity index (χ4n) is 10.5. The molecule has 2 saturated heterocycles. The number of ether oxygens (including phenoxy) is 1. The van der Waals surface area contributed by atoms with E-state index in [2.05, 4.69) is 72.9 Å². The first-order valence-corrected chi connectivity index (χ1v) is 23.8. The number of H-pyrrole nitrogens is 1. The number of sulfonamides is 1. The van der Waals surface area contributed by atoms with Crippen molar-refractivity contribution in [3.05, 3.63) is 106 Å². The first-order valence-electron chi connectivity index (χ1n) is 22.3. The Kier molecular flexibility index (Phi) is 11.9. The van der Waals surface area contributed by atoms with Gasteiger partial charge in [-0.15, -0.1) is 0 Å². The summed E-state index contributed by atoms with van der Waals surface area (Å²) in [6.45, 7) is 7.71. The van der Waals surface area contributed by atoms with E-state index in [1.807, 2.05) is 6.07 Å². The number of aliphatic hydroxyl groups is 1. The molecule has 9 rings (SSSR count). The van der Waals surface area contributed by atoms with Crippen LogP contribution in [-0.4, -0.2) is 82.5 Å². The number of fused-ring (bicyclic) bond motifs is 1. The number of hydrogen-bond donors (Lipinski definition) is 4. The number of rotatable bonds is 13. The van der Waals surface area contributed by atoms with Gasteiger partial charge < -0.3 is 25.0 Å². The van der Waals surface area contributed by atoms with Crippen molar-refractivity contribution in [2.45, 2.75) is 107 Å². The minimum atomic E-state index is -4.58. The number of nitro benzene ring substituents is 1. The zero-order valence-electron chi connectivity index (χ0n) is 35.8. The number of hydrogen-bond acceptors (Lipinski definition) is 12. The molecule has 63 heavy (non-hydrogen) atoms.